The fourth-order valence-electron chi connectivity index (χ4n) is 2.66. The van der Waals surface area contributed by atoms with Crippen molar-refractivity contribution in [3.63, 3.8) is 0 Å². The first-order valence-electron chi connectivity index (χ1n) is 7.80. The van der Waals surface area contributed by atoms with Gasteiger partial charge in [-0.05, 0) is 44.4 Å². The van der Waals surface area contributed by atoms with Crippen LogP contribution in [-0.4, -0.2) is 32.2 Å². The quantitative estimate of drug-likeness (QED) is 0.542. The predicted octanol–water partition coefficient (Wildman–Crippen LogP) is 3.70. The van der Waals surface area contributed by atoms with E-state index in [1.807, 2.05) is 38.1 Å². The Kier molecular flexibility index (Phi) is 6.43. The molecule has 1 aliphatic rings. The van der Waals surface area contributed by atoms with E-state index < -0.39 is 0 Å². The van der Waals surface area contributed by atoms with Crippen molar-refractivity contribution < 1.29 is 18.9 Å². The number of rotatable bonds is 8. The largest absolute Gasteiger partial charge is 0.497 e. The fraction of sp³-hybridized carbons (Fsp3) is 0.556. The molecule has 4 nitrogen and oxygen atoms in total. The molecule has 1 saturated carbocycles. The first-order valence-corrected chi connectivity index (χ1v) is 7.80. The van der Waals surface area contributed by atoms with Crippen LogP contribution in [0.25, 0.3) is 0 Å². The highest BCUT2D eigenvalue weighted by atomic mass is 16.7. The maximum Gasteiger partial charge on any atom is 0.155 e. The average Bonchev–Trinajstić information content (AvgIpc) is 2.85. The van der Waals surface area contributed by atoms with Gasteiger partial charge in [0, 0.05) is 6.61 Å². The Morgan fingerprint density at radius 2 is 1.86 bits per heavy atom. The Morgan fingerprint density at radius 1 is 1.18 bits per heavy atom. The van der Waals surface area contributed by atoms with E-state index in [2.05, 4.69) is 6.58 Å². The molecule has 0 heterocycles. The molecule has 1 aromatic carbocycles. The van der Waals surface area contributed by atoms with Gasteiger partial charge in [-0.25, -0.2) is 0 Å². The molecule has 0 aliphatic heterocycles. The van der Waals surface area contributed by atoms with Crippen LogP contribution in [0.5, 0.6) is 5.75 Å². The predicted molar refractivity (Wildman–Crippen MR) is 85.9 cm³/mol. The Bertz CT molecular complexity index is 468. The van der Waals surface area contributed by atoms with Gasteiger partial charge in [-0.1, -0.05) is 24.3 Å². The van der Waals surface area contributed by atoms with E-state index in [0.29, 0.717) is 13.2 Å². The second-order valence-corrected chi connectivity index (χ2v) is 5.55. The summed E-state index contributed by atoms with van der Waals surface area (Å²) in [6.45, 7) is 9.16. The van der Waals surface area contributed by atoms with Gasteiger partial charge in [0.1, 0.15) is 5.75 Å². The van der Waals surface area contributed by atoms with Crippen LogP contribution >= 0.6 is 0 Å². The average molecular weight is 306 g/mol. The highest BCUT2D eigenvalue weighted by Gasteiger charge is 2.32. The smallest absolute Gasteiger partial charge is 0.155 e. The van der Waals surface area contributed by atoms with E-state index >= 15 is 0 Å². The van der Waals surface area contributed by atoms with Crippen molar-refractivity contribution in [1.82, 2.24) is 0 Å². The van der Waals surface area contributed by atoms with Crippen LogP contribution in [0, 0.1) is 0 Å². The zero-order chi connectivity index (χ0) is 15.9. The van der Waals surface area contributed by atoms with Gasteiger partial charge in [-0.15, -0.1) is 0 Å². The number of methoxy groups -OCH3 is 1. The van der Waals surface area contributed by atoms with Crippen LogP contribution in [0.4, 0.5) is 0 Å². The number of ether oxygens (including phenoxy) is 4. The molecular weight excluding hydrogens is 280 g/mol. The zero-order valence-electron chi connectivity index (χ0n) is 13.7. The molecule has 2 rings (SSSR count). The summed E-state index contributed by atoms with van der Waals surface area (Å²) >= 11 is 0. The molecule has 0 amide bonds. The molecule has 0 bridgehead atoms. The van der Waals surface area contributed by atoms with Crippen LogP contribution in [0.15, 0.2) is 36.4 Å². The minimum Gasteiger partial charge on any atom is -0.497 e. The molecule has 1 aliphatic carbocycles. The zero-order valence-corrected chi connectivity index (χ0v) is 13.7. The van der Waals surface area contributed by atoms with Gasteiger partial charge in [0.15, 0.2) is 6.29 Å². The van der Waals surface area contributed by atoms with Crippen molar-refractivity contribution in [3.05, 3.63) is 42.0 Å². The number of benzene rings is 1. The maximum absolute atomic E-state index is 6.04. The van der Waals surface area contributed by atoms with Crippen molar-refractivity contribution in [2.45, 2.75) is 51.8 Å². The standard InChI is InChI=1S/C18H26O4/c1-5-20-14(3)22-18-11-13(2)10-17(18)21-12-15-6-8-16(19-4)9-7-15/h6-9,14,17-18H,2,5,10-12H2,1,3-4H3/t14?,17-,18-/m1/s1. The Labute approximate surface area is 133 Å². The lowest BCUT2D eigenvalue weighted by Gasteiger charge is -2.24. The normalized spacial score (nSPS) is 22.8. The highest BCUT2D eigenvalue weighted by Crippen LogP contribution is 2.30. The summed E-state index contributed by atoms with van der Waals surface area (Å²) in [6, 6.07) is 7.91. The second-order valence-electron chi connectivity index (χ2n) is 5.55. The van der Waals surface area contributed by atoms with Crippen LogP contribution in [0.3, 0.4) is 0 Å². The van der Waals surface area contributed by atoms with Gasteiger partial charge in [-0.2, -0.15) is 0 Å². The first-order chi connectivity index (χ1) is 10.6. The molecule has 3 atom stereocenters. The van der Waals surface area contributed by atoms with E-state index in [-0.39, 0.29) is 18.5 Å². The molecule has 1 aromatic rings. The monoisotopic (exact) mass is 306 g/mol. The summed E-state index contributed by atoms with van der Waals surface area (Å²) in [4.78, 5) is 0. The van der Waals surface area contributed by atoms with Crippen molar-refractivity contribution in [2.24, 2.45) is 0 Å². The summed E-state index contributed by atoms with van der Waals surface area (Å²) in [6.07, 6.45) is 1.53. The molecule has 0 spiro atoms. The van der Waals surface area contributed by atoms with Gasteiger partial charge < -0.3 is 18.9 Å². The third kappa shape index (κ3) is 4.83. The molecule has 0 aromatic heterocycles. The Balaban J connectivity index is 1.87. The van der Waals surface area contributed by atoms with E-state index in [1.54, 1.807) is 7.11 Å². The van der Waals surface area contributed by atoms with Crippen LogP contribution < -0.4 is 4.74 Å². The van der Waals surface area contributed by atoms with E-state index in [9.17, 15) is 0 Å². The van der Waals surface area contributed by atoms with Gasteiger partial charge in [0.05, 0.1) is 25.9 Å². The van der Waals surface area contributed by atoms with Crippen LogP contribution in [0.2, 0.25) is 0 Å². The minimum absolute atomic E-state index is 0.0206. The van der Waals surface area contributed by atoms with Crippen molar-refractivity contribution >= 4 is 0 Å². The minimum atomic E-state index is -0.215. The highest BCUT2D eigenvalue weighted by molar-refractivity contribution is 5.26. The van der Waals surface area contributed by atoms with Gasteiger partial charge in [0.2, 0.25) is 0 Å². The molecule has 1 fully saturated rings. The number of hydrogen-bond acceptors (Lipinski definition) is 4. The lowest BCUT2D eigenvalue weighted by atomic mass is 10.2. The molecule has 0 saturated heterocycles. The lowest BCUT2D eigenvalue weighted by Crippen LogP contribution is -2.30. The van der Waals surface area contributed by atoms with Gasteiger partial charge in [-0.3, -0.25) is 0 Å². The van der Waals surface area contributed by atoms with E-state index in [1.165, 1.54) is 5.57 Å². The Morgan fingerprint density at radius 3 is 2.50 bits per heavy atom. The summed E-state index contributed by atoms with van der Waals surface area (Å²) in [5.74, 6) is 0.852. The number of hydrogen-bond donors (Lipinski definition) is 0. The lowest BCUT2D eigenvalue weighted by molar-refractivity contribution is -0.182. The molecule has 4 heteroatoms. The molecule has 0 N–H and O–H groups in total. The topological polar surface area (TPSA) is 36.9 Å². The maximum atomic E-state index is 6.04. The van der Waals surface area contributed by atoms with Gasteiger partial charge >= 0.3 is 0 Å². The second kappa shape index (κ2) is 8.32. The van der Waals surface area contributed by atoms with Crippen molar-refractivity contribution in [1.29, 1.82) is 0 Å². The van der Waals surface area contributed by atoms with Crippen LogP contribution in [0.1, 0.15) is 32.3 Å². The SMILES string of the molecule is C=C1C[C@@H](OCc2ccc(OC)cc2)[C@H](OC(C)OCC)C1. The van der Waals surface area contributed by atoms with Crippen LogP contribution in [-0.2, 0) is 20.8 Å². The molecule has 0 radical (unpaired) electrons. The summed E-state index contributed by atoms with van der Waals surface area (Å²) in [7, 11) is 1.66. The fourth-order valence-corrected chi connectivity index (χ4v) is 2.66. The molecule has 1 unspecified atom stereocenters. The van der Waals surface area contributed by atoms with E-state index in [4.69, 9.17) is 18.9 Å². The third-order valence-corrected chi connectivity index (χ3v) is 3.79. The molecular formula is C18H26O4. The third-order valence-electron chi connectivity index (χ3n) is 3.79. The van der Waals surface area contributed by atoms with Gasteiger partial charge in [0.25, 0.3) is 0 Å². The first kappa shape index (κ1) is 17.0. The van der Waals surface area contributed by atoms with Crippen molar-refractivity contribution in [2.75, 3.05) is 13.7 Å². The summed E-state index contributed by atoms with van der Waals surface area (Å²) in [5, 5.41) is 0. The molecule has 22 heavy (non-hydrogen) atoms. The molecule has 122 valence electrons. The summed E-state index contributed by atoms with van der Waals surface area (Å²) < 4.78 is 22.6. The Hall–Kier alpha value is -1.36. The van der Waals surface area contributed by atoms with Crippen molar-refractivity contribution in [3.8, 4) is 5.75 Å². The summed E-state index contributed by atoms with van der Waals surface area (Å²) in [5.41, 5.74) is 2.29. The van der Waals surface area contributed by atoms with E-state index in [0.717, 1.165) is 24.2 Å².